The van der Waals surface area contributed by atoms with E-state index in [0.29, 0.717) is 29.9 Å². The highest BCUT2D eigenvalue weighted by molar-refractivity contribution is 5.95. The average Bonchev–Trinajstić information content (AvgIpc) is 3.06. The Bertz CT molecular complexity index is 727. The maximum Gasteiger partial charge on any atom is 0.255 e. The summed E-state index contributed by atoms with van der Waals surface area (Å²) in [6, 6.07) is 3.50. The molecule has 7 heteroatoms. The van der Waals surface area contributed by atoms with E-state index in [1.807, 2.05) is 6.92 Å². The molecule has 0 aromatic carbocycles. The summed E-state index contributed by atoms with van der Waals surface area (Å²) in [4.78, 5) is 30.0. The van der Waals surface area contributed by atoms with Crippen LogP contribution in [-0.2, 0) is 5.41 Å². The molecule has 2 aromatic heterocycles. The van der Waals surface area contributed by atoms with Crippen LogP contribution in [0, 0.1) is 0 Å². The van der Waals surface area contributed by atoms with E-state index in [2.05, 4.69) is 15.2 Å². The Morgan fingerprint density at radius 1 is 1.39 bits per heavy atom. The van der Waals surface area contributed by atoms with Gasteiger partial charge >= 0.3 is 0 Å². The lowest BCUT2D eigenvalue weighted by Crippen LogP contribution is -2.47. The summed E-state index contributed by atoms with van der Waals surface area (Å²) in [6.07, 6.45) is 6.36. The van der Waals surface area contributed by atoms with E-state index in [4.69, 9.17) is 5.73 Å². The number of H-pyrrole nitrogens is 1. The summed E-state index contributed by atoms with van der Waals surface area (Å²) in [7, 11) is 0. The Kier molecular flexibility index (Phi) is 3.85. The topological polar surface area (TPSA) is 105 Å². The first-order valence-corrected chi connectivity index (χ1v) is 7.54. The number of aromatic amines is 1. The number of aromatic nitrogens is 3. The summed E-state index contributed by atoms with van der Waals surface area (Å²) >= 11 is 0. The van der Waals surface area contributed by atoms with E-state index in [0.717, 1.165) is 12.8 Å². The Hall–Kier alpha value is -2.70. The Balaban J connectivity index is 1.87. The van der Waals surface area contributed by atoms with Crippen molar-refractivity contribution in [2.24, 2.45) is 5.73 Å². The van der Waals surface area contributed by atoms with Crippen molar-refractivity contribution in [2.45, 2.75) is 25.2 Å². The van der Waals surface area contributed by atoms with Crippen molar-refractivity contribution in [3.05, 3.63) is 47.5 Å². The fourth-order valence-electron chi connectivity index (χ4n) is 3.22. The maximum absolute atomic E-state index is 12.6. The Labute approximate surface area is 133 Å². The lowest BCUT2D eigenvalue weighted by atomic mass is 9.77. The van der Waals surface area contributed by atoms with E-state index in [9.17, 15) is 9.59 Å². The van der Waals surface area contributed by atoms with E-state index < -0.39 is 5.91 Å². The van der Waals surface area contributed by atoms with Crippen LogP contribution in [0.15, 0.2) is 30.7 Å². The SMILES string of the molecule is CC1(c2[nH]ncc2C(N)=O)CCCN(C(=O)c2cccnc2)C1. The Morgan fingerprint density at radius 3 is 2.91 bits per heavy atom. The van der Waals surface area contributed by atoms with Gasteiger partial charge in [-0.25, -0.2) is 0 Å². The zero-order valence-corrected chi connectivity index (χ0v) is 13.0. The fourth-order valence-corrected chi connectivity index (χ4v) is 3.22. The lowest BCUT2D eigenvalue weighted by molar-refractivity contribution is 0.0646. The third-order valence-electron chi connectivity index (χ3n) is 4.40. The minimum absolute atomic E-state index is 0.0517. The van der Waals surface area contributed by atoms with Crippen LogP contribution in [0.5, 0.6) is 0 Å². The first-order valence-electron chi connectivity index (χ1n) is 7.54. The van der Waals surface area contributed by atoms with Crippen molar-refractivity contribution in [3.8, 4) is 0 Å². The maximum atomic E-state index is 12.6. The van der Waals surface area contributed by atoms with Gasteiger partial charge in [-0.3, -0.25) is 19.7 Å². The highest BCUT2D eigenvalue weighted by Gasteiger charge is 2.38. The van der Waals surface area contributed by atoms with Crippen LogP contribution in [0.25, 0.3) is 0 Å². The molecule has 120 valence electrons. The molecule has 1 fully saturated rings. The van der Waals surface area contributed by atoms with Crippen LogP contribution >= 0.6 is 0 Å². The van der Waals surface area contributed by atoms with E-state index in [-0.39, 0.29) is 11.3 Å². The molecule has 2 amide bonds. The number of piperidine rings is 1. The molecule has 23 heavy (non-hydrogen) atoms. The van der Waals surface area contributed by atoms with Crippen molar-refractivity contribution in [1.29, 1.82) is 0 Å². The van der Waals surface area contributed by atoms with Crippen LogP contribution in [0.2, 0.25) is 0 Å². The third-order valence-corrected chi connectivity index (χ3v) is 4.40. The standard InChI is InChI=1S/C16H19N5O2/c1-16(13-12(14(17)22)9-19-20-13)5-3-7-21(10-16)15(23)11-4-2-6-18-8-11/h2,4,6,8-9H,3,5,7,10H2,1H3,(H2,17,22)(H,19,20). The van der Waals surface area contributed by atoms with Gasteiger partial charge < -0.3 is 10.6 Å². The van der Waals surface area contributed by atoms with Gasteiger partial charge in [0.1, 0.15) is 0 Å². The second-order valence-electron chi connectivity index (χ2n) is 6.16. The molecular weight excluding hydrogens is 294 g/mol. The van der Waals surface area contributed by atoms with Crippen molar-refractivity contribution >= 4 is 11.8 Å². The minimum atomic E-state index is -0.509. The molecule has 0 bridgehead atoms. The molecule has 3 rings (SSSR count). The molecule has 2 aromatic rings. The van der Waals surface area contributed by atoms with Gasteiger partial charge in [-0.15, -0.1) is 0 Å². The van der Waals surface area contributed by atoms with Gasteiger partial charge in [-0.1, -0.05) is 6.92 Å². The smallest absolute Gasteiger partial charge is 0.255 e. The van der Waals surface area contributed by atoms with Gasteiger partial charge in [0.2, 0.25) is 0 Å². The normalized spacial score (nSPS) is 21.2. The van der Waals surface area contributed by atoms with E-state index >= 15 is 0 Å². The molecule has 3 heterocycles. The summed E-state index contributed by atoms with van der Waals surface area (Å²) in [5, 5.41) is 6.85. The zero-order valence-electron chi connectivity index (χ0n) is 13.0. The van der Waals surface area contributed by atoms with Crippen LogP contribution in [0.1, 0.15) is 46.2 Å². The number of carbonyl (C=O) groups excluding carboxylic acids is 2. The quantitative estimate of drug-likeness (QED) is 0.885. The number of nitrogens with two attached hydrogens (primary N) is 1. The van der Waals surface area contributed by atoms with Crippen LogP contribution in [0.4, 0.5) is 0 Å². The number of carbonyl (C=O) groups is 2. The first kappa shape index (κ1) is 15.2. The molecule has 0 saturated carbocycles. The molecule has 1 aliphatic rings. The molecule has 0 aliphatic carbocycles. The largest absolute Gasteiger partial charge is 0.365 e. The summed E-state index contributed by atoms with van der Waals surface area (Å²) < 4.78 is 0. The number of hydrogen-bond acceptors (Lipinski definition) is 4. The molecule has 0 radical (unpaired) electrons. The lowest BCUT2D eigenvalue weighted by Gasteiger charge is -2.40. The van der Waals surface area contributed by atoms with Gasteiger partial charge in [-0.2, -0.15) is 5.10 Å². The van der Waals surface area contributed by atoms with Gasteiger partial charge in [-0.05, 0) is 25.0 Å². The molecule has 1 atom stereocenters. The summed E-state index contributed by atoms with van der Waals surface area (Å²) in [5.41, 5.74) is 6.70. The number of likely N-dealkylation sites (tertiary alicyclic amines) is 1. The first-order chi connectivity index (χ1) is 11.0. The monoisotopic (exact) mass is 313 g/mol. The average molecular weight is 313 g/mol. The minimum Gasteiger partial charge on any atom is -0.365 e. The molecule has 1 unspecified atom stereocenters. The van der Waals surface area contributed by atoms with Crippen molar-refractivity contribution in [1.82, 2.24) is 20.1 Å². The van der Waals surface area contributed by atoms with E-state index in [1.165, 1.54) is 6.20 Å². The van der Waals surface area contributed by atoms with E-state index in [1.54, 1.807) is 29.4 Å². The zero-order chi connectivity index (χ0) is 16.4. The number of amides is 2. The van der Waals surface area contributed by atoms with Crippen LogP contribution in [0.3, 0.4) is 0 Å². The van der Waals surface area contributed by atoms with Crippen LogP contribution in [-0.4, -0.2) is 45.0 Å². The van der Waals surface area contributed by atoms with Crippen molar-refractivity contribution in [3.63, 3.8) is 0 Å². The summed E-state index contributed by atoms with van der Waals surface area (Å²) in [6.45, 7) is 3.21. The highest BCUT2D eigenvalue weighted by Crippen LogP contribution is 2.34. The highest BCUT2D eigenvalue weighted by atomic mass is 16.2. The molecule has 0 spiro atoms. The number of rotatable bonds is 3. The van der Waals surface area contributed by atoms with Gasteiger partial charge in [0.25, 0.3) is 11.8 Å². The second kappa shape index (κ2) is 5.83. The second-order valence-corrected chi connectivity index (χ2v) is 6.16. The third kappa shape index (κ3) is 2.81. The molecule has 7 nitrogen and oxygen atoms in total. The predicted octanol–water partition coefficient (Wildman–Crippen LogP) is 1.10. The molecule has 1 aliphatic heterocycles. The van der Waals surface area contributed by atoms with Crippen molar-refractivity contribution in [2.75, 3.05) is 13.1 Å². The number of pyridine rings is 1. The fraction of sp³-hybridized carbons (Fsp3) is 0.375. The number of hydrogen-bond donors (Lipinski definition) is 2. The Morgan fingerprint density at radius 2 is 2.22 bits per heavy atom. The number of primary amides is 1. The predicted molar refractivity (Wildman–Crippen MR) is 83.8 cm³/mol. The molecular formula is C16H19N5O2. The summed E-state index contributed by atoms with van der Waals surface area (Å²) in [5.74, 6) is -0.560. The van der Waals surface area contributed by atoms with Gasteiger partial charge in [0.15, 0.2) is 0 Å². The molecule has 3 N–H and O–H groups in total. The number of nitrogens with zero attached hydrogens (tertiary/aromatic N) is 3. The van der Waals surface area contributed by atoms with Crippen molar-refractivity contribution < 1.29 is 9.59 Å². The molecule has 1 saturated heterocycles. The van der Waals surface area contributed by atoms with Gasteiger partial charge in [0.05, 0.1) is 23.0 Å². The van der Waals surface area contributed by atoms with Crippen LogP contribution < -0.4 is 5.73 Å². The van der Waals surface area contributed by atoms with Gasteiger partial charge in [0, 0.05) is 30.9 Å². The number of nitrogens with one attached hydrogen (secondary N) is 1.